The Bertz CT molecular complexity index is 353. The molecule has 0 amide bonds. The molecular formula is C11H16N2O3. The summed E-state index contributed by atoms with van der Waals surface area (Å²) in [5.41, 5.74) is 6.08. The summed E-state index contributed by atoms with van der Waals surface area (Å²) >= 11 is 0. The van der Waals surface area contributed by atoms with Gasteiger partial charge in [-0.2, -0.15) is 0 Å². The molecule has 5 heteroatoms. The largest absolute Gasteiger partial charge is 0.491 e. The van der Waals surface area contributed by atoms with E-state index in [4.69, 9.17) is 20.4 Å². The van der Waals surface area contributed by atoms with Crippen molar-refractivity contribution in [1.29, 1.82) is 0 Å². The highest BCUT2D eigenvalue weighted by atomic mass is 16.5. The third kappa shape index (κ3) is 3.78. The number of hydrogen-bond donors (Lipinski definition) is 2. The summed E-state index contributed by atoms with van der Waals surface area (Å²) in [7, 11) is 0. The van der Waals surface area contributed by atoms with Crippen LogP contribution in [0.3, 0.4) is 0 Å². The highest BCUT2D eigenvalue weighted by Gasteiger charge is 2.00. The van der Waals surface area contributed by atoms with Gasteiger partial charge in [0.25, 0.3) is 0 Å². The van der Waals surface area contributed by atoms with Gasteiger partial charge in [0.2, 0.25) is 0 Å². The van der Waals surface area contributed by atoms with E-state index in [1.54, 1.807) is 24.3 Å². The highest BCUT2D eigenvalue weighted by molar-refractivity contribution is 5.97. The minimum Gasteiger partial charge on any atom is -0.491 e. The predicted molar refractivity (Wildman–Crippen MR) is 60.9 cm³/mol. The van der Waals surface area contributed by atoms with Crippen LogP contribution in [-0.2, 0) is 4.74 Å². The summed E-state index contributed by atoms with van der Waals surface area (Å²) in [4.78, 5) is 0. The Morgan fingerprint density at radius 2 is 2.25 bits per heavy atom. The van der Waals surface area contributed by atoms with Gasteiger partial charge >= 0.3 is 0 Å². The number of ether oxygens (including phenoxy) is 2. The first-order valence-electron chi connectivity index (χ1n) is 5.06. The molecule has 0 spiro atoms. The molecule has 0 aliphatic heterocycles. The fourth-order valence-electron chi connectivity index (χ4n) is 1.17. The number of nitrogens with two attached hydrogens (primary N) is 1. The second-order valence-electron chi connectivity index (χ2n) is 3.06. The fraction of sp³-hybridized carbons (Fsp3) is 0.364. The predicted octanol–water partition coefficient (Wildman–Crippen LogP) is 1.20. The fourth-order valence-corrected chi connectivity index (χ4v) is 1.17. The van der Waals surface area contributed by atoms with E-state index in [-0.39, 0.29) is 5.84 Å². The molecule has 0 fully saturated rings. The number of hydrogen-bond acceptors (Lipinski definition) is 4. The Morgan fingerprint density at radius 1 is 1.44 bits per heavy atom. The summed E-state index contributed by atoms with van der Waals surface area (Å²) in [5, 5.41) is 11.5. The van der Waals surface area contributed by atoms with Gasteiger partial charge in [0.05, 0.1) is 6.61 Å². The summed E-state index contributed by atoms with van der Waals surface area (Å²) < 4.78 is 10.6. The van der Waals surface area contributed by atoms with Crippen LogP contribution in [0.5, 0.6) is 5.75 Å². The van der Waals surface area contributed by atoms with Gasteiger partial charge in [-0.15, -0.1) is 0 Å². The van der Waals surface area contributed by atoms with Crippen LogP contribution in [0.15, 0.2) is 29.4 Å². The van der Waals surface area contributed by atoms with E-state index < -0.39 is 0 Å². The number of nitrogens with zero attached hydrogens (tertiary/aromatic N) is 1. The van der Waals surface area contributed by atoms with Crippen LogP contribution in [-0.4, -0.2) is 30.9 Å². The van der Waals surface area contributed by atoms with Crippen molar-refractivity contribution in [2.75, 3.05) is 19.8 Å². The Morgan fingerprint density at radius 3 is 2.94 bits per heavy atom. The third-order valence-electron chi connectivity index (χ3n) is 1.94. The first-order valence-corrected chi connectivity index (χ1v) is 5.06. The Hall–Kier alpha value is -1.75. The Labute approximate surface area is 94.5 Å². The molecule has 0 saturated carbocycles. The van der Waals surface area contributed by atoms with Gasteiger partial charge in [0.1, 0.15) is 12.4 Å². The van der Waals surface area contributed by atoms with Crippen molar-refractivity contribution in [3.05, 3.63) is 29.8 Å². The number of benzene rings is 1. The monoisotopic (exact) mass is 224 g/mol. The molecule has 0 radical (unpaired) electrons. The molecule has 0 aromatic heterocycles. The molecule has 0 atom stereocenters. The topological polar surface area (TPSA) is 77.1 Å². The third-order valence-corrected chi connectivity index (χ3v) is 1.94. The first kappa shape index (κ1) is 12.3. The number of oxime groups is 1. The molecule has 1 rings (SSSR count). The lowest BCUT2D eigenvalue weighted by molar-refractivity contribution is 0.110. The Kier molecular flexibility index (Phi) is 5.15. The lowest BCUT2D eigenvalue weighted by atomic mass is 10.2. The smallest absolute Gasteiger partial charge is 0.170 e. The van der Waals surface area contributed by atoms with Crippen LogP contribution in [0.25, 0.3) is 0 Å². The standard InChI is InChI=1S/C11H16N2O3/c1-2-15-6-7-16-10-5-3-4-9(8-10)11(12)13-14/h3-5,8,14H,2,6-7H2,1H3,(H2,12,13). The first-order chi connectivity index (χ1) is 7.77. The highest BCUT2D eigenvalue weighted by Crippen LogP contribution is 2.12. The molecule has 0 aliphatic rings. The maximum atomic E-state index is 8.53. The van der Waals surface area contributed by atoms with E-state index in [9.17, 15) is 0 Å². The average Bonchev–Trinajstić information content (AvgIpc) is 2.34. The zero-order chi connectivity index (χ0) is 11.8. The van der Waals surface area contributed by atoms with Gasteiger partial charge in [-0.05, 0) is 19.1 Å². The minimum absolute atomic E-state index is 0.0651. The van der Waals surface area contributed by atoms with E-state index in [1.807, 2.05) is 6.92 Å². The zero-order valence-electron chi connectivity index (χ0n) is 9.22. The van der Waals surface area contributed by atoms with Crippen molar-refractivity contribution >= 4 is 5.84 Å². The quantitative estimate of drug-likeness (QED) is 0.250. The summed E-state index contributed by atoms with van der Waals surface area (Å²) in [6.07, 6.45) is 0. The van der Waals surface area contributed by atoms with Crippen molar-refractivity contribution < 1.29 is 14.7 Å². The molecule has 0 saturated heterocycles. The molecule has 1 aromatic rings. The van der Waals surface area contributed by atoms with Crippen LogP contribution in [0.1, 0.15) is 12.5 Å². The van der Waals surface area contributed by atoms with Crippen LogP contribution >= 0.6 is 0 Å². The van der Waals surface area contributed by atoms with Gasteiger partial charge < -0.3 is 20.4 Å². The summed E-state index contributed by atoms with van der Waals surface area (Å²) in [5.74, 6) is 0.735. The maximum Gasteiger partial charge on any atom is 0.170 e. The molecule has 5 nitrogen and oxygen atoms in total. The van der Waals surface area contributed by atoms with E-state index in [2.05, 4.69) is 5.16 Å². The minimum atomic E-state index is 0.0651. The van der Waals surface area contributed by atoms with Gasteiger partial charge in [-0.3, -0.25) is 0 Å². The van der Waals surface area contributed by atoms with Gasteiger partial charge in [0, 0.05) is 12.2 Å². The molecule has 0 bridgehead atoms. The maximum absolute atomic E-state index is 8.53. The second kappa shape index (κ2) is 6.68. The van der Waals surface area contributed by atoms with Gasteiger partial charge in [-0.1, -0.05) is 17.3 Å². The van der Waals surface area contributed by atoms with E-state index in [0.717, 1.165) is 0 Å². The van der Waals surface area contributed by atoms with E-state index in [1.165, 1.54) is 0 Å². The SMILES string of the molecule is CCOCCOc1cccc(/C(N)=N/O)c1. The number of rotatable bonds is 6. The molecule has 3 N–H and O–H groups in total. The van der Waals surface area contributed by atoms with Crippen LogP contribution in [0.4, 0.5) is 0 Å². The lowest BCUT2D eigenvalue weighted by Crippen LogP contribution is -2.13. The van der Waals surface area contributed by atoms with Crippen molar-refractivity contribution in [2.45, 2.75) is 6.92 Å². The van der Waals surface area contributed by atoms with Crippen LogP contribution < -0.4 is 10.5 Å². The van der Waals surface area contributed by atoms with E-state index >= 15 is 0 Å². The average molecular weight is 224 g/mol. The van der Waals surface area contributed by atoms with Crippen molar-refractivity contribution in [3.63, 3.8) is 0 Å². The molecule has 0 heterocycles. The second-order valence-corrected chi connectivity index (χ2v) is 3.06. The molecule has 0 aliphatic carbocycles. The molecule has 16 heavy (non-hydrogen) atoms. The van der Waals surface area contributed by atoms with Crippen molar-refractivity contribution in [2.24, 2.45) is 10.9 Å². The summed E-state index contributed by atoms with van der Waals surface area (Å²) in [6.45, 7) is 3.63. The summed E-state index contributed by atoms with van der Waals surface area (Å²) in [6, 6.07) is 7.04. The van der Waals surface area contributed by atoms with E-state index in [0.29, 0.717) is 31.1 Å². The molecule has 88 valence electrons. The van der Waals surface area contributed by atoms with Crippen LogP contribution in [0.2, 0.25) is 0 Å². The van der Waals surface area contributed by atoms with Crippen molar-refractivity contribution in [1.82, 2.24) is 0 Å². The normalized spacial score (nSPS) is 11.4. The van der Waals surface area contributed by atoms with Crippen LogP contribution in [0, 0.1) is 0 Å². The molecular weight excluding hydrogens is 208 g/mol. The lowest BCUT2D eigenvalue weighted by Gasteiger charge is -2.07. The van der Waals surface area contributed by atoms with Crippen molar-refractivity contribution in [3.8, 4) is 5.75 Å². The zero-order valence-corrected chi connectivity index (χ0v) is 9.22. The van der Waals surface area contributed by atoms with Gasteiger partial charge in [0.15, 0.2) is 5.84 Å². The van der Waals surface area contributed by atoms with Gasteiger partial charge in [-0.25, -0.2) is 0 Å². The molecule has 0 unspecified atom stereocenters. The Balaban J connectivity index is 2.54. The molecule has 1 aromatic carbocycles. The number of amidine groups is 1.